The summed E-state index contributed by atoms with van der Waals surface area (Å²) in [5.41, 5.74) is -0.921. The van der Waals surface area contributed by atoms with Crippen molar-refractivity contribution in [3.8, 4) is 5.75 Å². The van der Waals surface area contributed by atoms with Crippen LogP contribution in [0.5, 0.6) is 5.75 Å². The SMILES string of the molecule is CCNC(COc1ccccc1C(F)(F)F)C(=O)O. The van der Waals surface area contributed by atoms with Crippen LogP contribution in [-0.2, 0) is 11.0 Å². The Morgan fingerprint density at radius 1 is 1.42 bits per heavy atom. The van der Waals surface area contributed by atoms with Crippen molar-refractivity contribution in [2.24, 2.45) is 0 Å². The van der Waals surface area contributed by atoms with E-state index in [9.17, 15) is 18.0 Å². The standard InChI is InChI=1S/C12H14F3NO3/c1-2-16-9(11(17)18)7-19-10-6-4-3-5-8(10)12(13,14)15/h3-6,9,16H,2,7H2,1H3,(H,17,18). The highest BCUT2D eigenvalue weighted by Gasteiger charge is 2.34. The fourth-order valence-electron chi connectivity index (χ4n) is 1.46. The van der Waals surface area contributed by atoms with Crippen molar-refractivity contribution in [3.05, 3.63) is 29.8 Å². The first-order chi connectivity index (χ1) is 8.86. The van der Waals surface area contributed by atoms with E-state index in [1.807, 2.05) is 0 Å². The summed E-state index contributed by atoms with van der Waals surface area (Å²) < 4.78 is 43.0. The van der Waals surface area contributed by atoms with Gasteiger partial charge < -0.3 is 15.2 Å². The molecule has 1 atom stereocenters. The zero-order valence-electron chi connectivity index (χ0n) is 10.2. The van der Waals surface area contributed by atoms with Crippen LogP contribution in [0.4, 0.5) is 13.2 Å². The van der Waals surface area contributed by atoms with Gasteiger partial charge in [0.1, 0.15) is 18.4 Å². The quantitative estimate of drug-likeness (QED) is 0.836. The van der Waals surface area contributed by atoms with Gasteiger partial charge in [0.2, 0.25) is 0 Å². The number of hydrogen-bond acceptors (Lipinski definition) is 3. The van der Waals surface area contributed by atoms with Gasteiger partial charge in [-0.2, -0.15) is 13.2 Å². The second-order valence-corrected chi connectivity index (χ2v) is 3.75. The van der Waals surface area contributed by atoms with E-state index in [-0.39, 0.29) is 12.4 Å². The minimum Gasteiger partial charge on any atom is -0.491 e. The molecule has 1 unspecified atom stereocenters. The van der Waals surface area contributed by atoms with Crippen LogP contribution < -0.4 is 10.1 Å². The molecule has 19 heavy (non-hydrogen) atoms. The number of ether oxygens (including phenoxy) is 1. The molecule has 0 aliphatic carbocycles. The van der Waals surface area contributed by atoms with E-state index in [2.05, 4.69) is 5.32 Å². The summed E-state index contributed by atoms with van der Waals surface area (Å²) >= 11 is 0. The molecule has 0 radical (unpaired) electrons. The van der Waals surface area contributed by atoms with Crippen LogP contribution in [0.2, 0.25) is 0 Å². The molecular formula is C12H14F3NO3. The summed E-state index contributed by atoms with van der Waals surface area (Å²) in [5.74, 6) is -1.55. The third-order valence-electron chi connectivity index (χ3n) is 2.35. The molecular weight excluding hydrogens is 263 g/mol. The summed E-state index contributed by atoms with van der Waals surface area (Å²) in [6.45, 7) is 1.69. The molecule has 0 fully saturated rings. The van der Waals surface area contributed by atoms with Crippen molar-refractivity contribution < 1.29 is 27.8 Å². The Kier molecular flexibility index (Phi) is 5.17. The Balaban J connectivity index is 2.80. The number of carboxylic acids is 1. The summed E-state index contributed by atoms with van der Waals surface area (Å²) in [6.07, 6.45) is -4.53. The van der Waals surface area contributed by atoms with Gasteiger partial charge in [0.25, 0.3) is 0 Å². The molecule has 0 aromatic heterocycles. The van der Waals surface area contributed by atoms with E-state index in [0.717, 1.165) is 12.1 Å². The Bertz CT molecular complexity index is 434. The summed E-state index contributed by atoms with van der Waals surface area (Å²) in [5, 5.41) is 11.5. The maximum Gasteiger partial charge on any atom is 0.419 e. The zero-order valence-corrected chi connectivity index (χ0v) is 10.2. The molecule has 1 aromatic rings. The van der Waals surface area contributed by atoms with Crippen molar-refractivity contribution in [1.29, 1.82) is 0 Å². The highest BCUT2D eigenvalue weighted by molar-refractivity contribution is 5.73. The van der Waals surface area contributed by atoms with Gasteiger partial charge in [-0.3, -0.25) is 4.79 Å². The van der Waals surface area contributed by atoms with Gasteiger partial charge in [0.15, 0.2) is 0 Å². The van der Waals surface area contributed by atoms with Crippen molar-refractivity contribution >= 4 is 5.97 Å². The van der Waals surface area contributed by atoms with Gasteiger partial charge in [-0.15, -0.1) is 0 Å². The topological polar surface area (TPSA) is 58.6 Å². The lowest BCUT2D eigenvalue weighted by Crippen LogP contribution is -2.41. The number of hydrogen-bond donors (Lipinski definition) is 2. The number of carboxylic acid groups (broad SMARTS) is 1. The Hall–Kier alpha value is -1.76. The number of nitrogens with one attached hydrogen (secondary N) is 1. The number of para-hydroxylation sites is 1. The molecule has 1 aromatic carbocycles. The zero-order chi connectivity index (χ0) is 14.5. The third-order valence-corrected chi connectivity index (χ3v) is 2.35. The molecule has 0 bridgehead atoms. The van der Waals surface area contributed by atoms with Gasteiger partial charge in [-0.05, 0) is 18.7 Å². The second-order valence-electron chi connectivity index (χ2n) is 3.75. The largest absolute Gasteiger partial charge is 0.491 e. The molecule has 0 spiro atoms. The normalized spacial score (nSPS) is 13.1. The van der Waals surface area contributed by atoms with Crippen molar-refractivity contribution in [2.75, 3.05) is 13.2 Å². The van der Waals surface area contributed by atoms with E-state index < -0.39 is 23.8 Å². The van der Waals surface area contributed by atoms with Crippen molar-refractivity contribution in [3.63, 3.8) is 0 Å². The van der Waals surface area contributed by atoms with E-state index in [1.54, 1.807) is 6.92 Å². The molecule has 7 heteroatoms. The fourth-order valence-corrected chi connectivity index (χ4v) is 1.46. The number of carbonyl (C=O) groups is 1. The number of rotatable bonds is 6. The molecule has 1 rings (SSSR count). The number of likely N-dealkylation sites (N-methyl/N-ethyl adjacent to an activating group) is 1. The lowest BCUT2D eigenvalue weighted by atomic mass is 10.2. The average molecular weight is 277 g/mol. The van der Waals surface area contributed by atoms with Crippen LogP contribution >= 0.6 is 0 Å². The summed E-state index contributed by atoms with van der Waals surface area (Å²) in [4.78, 5) is 10.8. The first-order valence-corrected chi connectivity index (χ1v) is 5.61. The van der Waals surface area contributed by atoms with Crippen molar-refractivity contribution in [1.82, 2.24) is 5.32 Å². The molecule has 0 amide bonds. The summed E-state index contributed by atoms with van der Waals surface area (Å²) in [6, 6.07) is 3.64. The second kappa shape index (κ2) is 6.42. The molecule has 0 aliphatic heterocycles. The molecule has 0 aliphatic rings. The summed E-state index contributed by atoms with van der Waals surface area (Å²) in [7, 11) is 0. The average Bonchev–Trinajstić information content (AvgIpc) is 2.33. The van der Waals surface area contributed by atoms with Gasteiger partial charge in [-0.25, -0.2) is 0 Å². The lowest BCUT2D eigenvalue weighted by molar-refractivity contribution is -0.140. The fraction of sp³-hybridized carbons (Fsp3) is 0.417. The van der Waals surface area contributed by atoms with Gasteiger partial charge in [0, 0.05) is 0 Å². The maximum atomic E-state index is 12.7. The van der Waals surface area contributed by atoms with Gasteiger partial charge >= 0.3 is 12.1 Å². The lowest BCUT2D eigenvalue weighted by Gasteiger charge is -2.17. The van der Waals surface area contributed by atoms with Crippen LogP contribution in [0.3, 0.4) is 0 Å². The molecule has 4 nitrogen and oxygen atoms in total. The van der Waals surface area contributed by atoms with Crippen LogP contribution in [0.1, 0.15) is 12.5 Å². The number of halogens is 3. The van der Waals surface area contributed by atoms with Gasteiger partial charge in [0.05, 0.1) is 5.56 Å². The van der Waals surface area contributed by atoms with Crippen LogP contribution in [0.25, 0.3) is 0 Å². The van der Waals surface area contributed by atoms with Crippen LogP contribution in [0, 0.1) is 0 Å². The number of benzene rings is 1. The molecule has 0 saturated heterocycles. The smallest absolute Gasteiger partial charge is 0.419 e. The van der Waals surface area contributed by atoms with E-state index in [1.165, 1.54) is 12.1 Å². The maximum absolute atomic E-state index is 12.7. The Labute approximate surface area is 108 Å². The van der Waals surface area contributed by atoms with Crippen molar-refractivity contribution in [2.45, 2.75) is 19.1 Å². The highest BCUT2D eigenvalue weighted by atomic mass is 19.4. The first-order valence-electron chi connectivity index (χ1n) is 5.61. The number of alkyl halides is 3. The molecule has 2 N–H and O–H groups in total. The minimum absolute atomic E-state index is 0.376. The first kappa shape index (κ1) is 15.3. The van der Waals surface area contributed by atoms with Crippen LogP contribution in [-0.4, -0.2) is 30.3 Å². The minimum atomic E-state index is -4.53. The van der Waals surface area contributed by atoms with E-state index in [4.69, 9.17) is 9.84 Å². The van der Waals surface area contributed by atoms with E-state index in [0.29, 0.717) is 6.54 Å². The third kappa shape index (κ3) is 4.44. The number of aliphatic carboxylic acids is 1. The Morgan fingerprint density at radius 2 is 2.05 bits per heavy atom. The predicted molar refractivity (Wildman–Crippen MR) is 62.0 cm³/mol. The highest BCUT2D eigenvalue weighted by Crippen LogP contribution is 2.35. The van der Waals surface area contributed by atoms with Crippen LogP contribution in [0.15, 0.2) is 24.3 Å². The van der Waals surface area contributed by atoms with E-state index >= 15 is 0 Å². The molecule has 0 saturated carbocycles. The molecule has 0 heterocycles. The molecule has 106 valence electrons. The van der Waals surface area contributed by atoms with Gasteiger partial charge in [-0.1, -0.05) is 19.1 Å². The monoisotopic (exact) mass is 277 g/mol. The predicted octanol–water partition coefficient (Wildman–Crippen LogP) is 2.15. The Morgan fingerprint density at radius 3 is 2.58 bits per heavy atom.